The fourth-order valence-electron chi connectivity index (χ4n) is 5.32. The number of rotatable bonds is 9. The number of halogens is 1. The molecule has 2 atom stereocenters. The zero-order chi connectivity index (χ0) is 32.0. The number of thioether (sulfide) groups is 1. The van der Waals surface area contributed by atoms with Crippen LogP contribution in [0.4, 0.5) is 20.6 Å². The van der Waals surface area contributed by atoms with Crippen LogP contribution in [-0.2, 0) is 27.5 Å². The van der Waals surface area contributed by atoms with Gasteiger partial charge in [0.25, 0.3) is 0 Å². The molecule has 10 nitrogen and oxygen atoms in total. The lowest BCUT2D eigenvalue weighted by atomic mass is 10.1. The Kier molecular flexibility index (Phi) is 9.34. The second-order valence-electron chi connectivity index (χ2n) is 10.7. The second-order valence-corrected chi connectivity index (χ2v) is 11.8. The lowest BCUT2D eigenvalue weighted by Crippen LogP contribution is -2.43. The summed E-state index contributed by atoms with van der Waals surface area (Å²) in [5.41, 5.74) is 2.44. The van der Waals surface area contributed by atoms with Crippen molar-refractivity contribution in [2.24, 2.45) is 4.99 Å². The van der Waals surface area contributed by atoms with E-state index in [0.29, 0.717) is 47.3 Å². The molecule has 4 aromatic rings. The van der Waals surface area contributed by atoms with Crippen molar-refractivity contribution in [2.75, 3.05) is 19.0 Å². The first-order valence-electron chi connectivity index (χ1n) is 14.7. The Balaban J connectivity index is 1.13. The highest BCUT2D eigenvalue weighted by Gasteiger charge is 2.40. The van der Waals surface area contributed by atoms with Gasteiger partial charge in [-0.05, 0) is 60.4 Å². The highest BCUT2D eigenvalue weighted by molar-refractivity contribution is 8.15. The van der Waals surface area contributed by atoms with Crippen LogP contribution in [0.5, 0.6) is 5.75 Å². The molecule has 0 spiro atoms. The van der Waals surface area contributed by atoms with E-state index in [2.05, 4.69) is 10.3 Å². The minimum atomic E-state index is -0.647. The maximum Gasteiger partial charge on any atom is 0.410 e. The van der Waals surface area contributed by atoms with Crippen molar-refractivity contribution >= 4 is 46.2 Å². The van der Waals surface area contributed by atoms with Crippen molar-refractivity contribution in [1.29, 1.82) is 0 Å². The van der Waals surface area contributed by atoms with Crippen LogP contribution < -0.4 is 10.1 Å². The summed E-state index contributed by atoms with van der Waals surface area (Å²) in [4.78, 5) is 47.2. The van der Waals surface area contributed by atoms with E-state index in [-0.39, 0.29) is 30.7 Å². The average molecular weight is 643 g/mol. The Morgan fingerprint density at radius 2 is 1.87 bits per heavy atom. The van der Waals surface area contributed by atoms with Gasteiger partial charge in [-0.2, -0.15) is 0 Å². The number of amides is 3. The fraction of sp³-hybridized carbons (Fsp3) is 0.235. The van der Waals surface area contributed by atoms with Crippen LogP contribution in [0.2, 0.25) is 0 Å². The highest BCUT2D eigenvalue weighted by Crippen LogP contribution is 2.42. The number of hydrogen-bond donors (Lipinski definition) is 1. The largest absolute Gasteiger partial charge is 0.494 e. The summed E-state index contributed by atoms with van der Waals surface area (Å²) in [6.45, 7) is 0.728. The predicted molar refractivity (Wildman–Crippen MR) is 171 cm³/mol. The maximum absolute atomic E-state index is 14.4. The molecule has 2 fully saturated rings. The molecule has 12 heteroatoms. The summed E-state index contributed by atoms with van der Waals surface area (Å²) in [5.74, 6) is -0.401. The van der Waals surface area contributed by atoms with Gasteiger partial charge < -0.3 is 19.2 Å². The monoisotopic (exact) mass is 642 g/mol. The van der Waals surface area contributed by atoms with Gasteiger partial charge in [-0.1, -0.05) is 54.2 Å². The molecule has 1 aromatic heterocycles. The first kappa shape index (κ1) is 30.9. The Labute approximate surface area is 269 Å². The normalized spacial score (nSPS) is 18.7. The van der Waals surface area contributed by atoms with Gasteiger partial charge in [-0.3, -0.25) is 19.4 Å². The molecular weight excluding hydrogens is 611 g/mol. The Morgan fingerprint density at radius 3 is 2.59 bits per heavy atom. The lowest BCUT2D eigenvalue weighted by molar-refractivity contribution is -0.126. The highest BCUT2D eigenvalue weighted by atomic mass is 32.2. The number of benzene rings is 3. The van der Waals surface area contributed by atoms with Gasteiger partial charge >= 0.3 is 6.09 Å². The van der Waals surface area contributed by atoms with Gasteiger partial charge in [-0.25, -0.2) is 14.2 Å². The fourth-order valence-corrected chi connectivity index (χ4v) is 6.49. The van der Waals surface area contributed by atoms with Crippen molar-refractivity contribution in [2.45, 2.75) is 37.3 Å². The van der Waals surface area contributed by atoms with E-state index in [1.54, 1.807) is 42.5 Å². The molecule has 236 valence electrons. The molecule has 0 radical (unpaired) electrons. The third-order valence-electron chi connectivity index (χ3n) is 7.67. The topological polar surface area (TPSA) is 114 Å². The molecule has 1 N–H and O–H groups in total. The summed E-state index contributed by atoms with van der Waals surface area (Å²) in [7, 11) is 1.38. The van der Waals surface area contributed by atoms with Gasteiger partial charge in [0, 0.05) is 18.3 Å². The molecule has 6 rings (SSSR count). The molecule has 2 saturated heterocycles. The van der Waals surface area contributed by atoms with Crippen molar-refractivity contribution in [3.63, 3.8) is 0 Å². The number of nitrogens with zero attached hydrogens (tertiary/aromatic N) is 3. The Hall–Kier alpha value is -5.10. The van der Waals surface area contributed by atoms with E-state index in [0.717, 1.165) is 5.56 Å². The average Bonchev–Trinajstić information content (AvgIpc) is 3.84. The summed E-state index contributed by atoms with van der Waals surface area (Å²) >= 11 is 1.24. The van der Waals surface area contributed by atoms with Crippen molar-refractivity contribution in [3.05, 3.63) is 114 Å². The van der Waals surface area contributed by atoms with Gasteiger partial charge in [0.1, 0.15) is 23.7 Å². The number of aliphatic imine (C=N–C) groups is 1. The van der Waals surface area contributed by atoms with E-state index >= 15 is 0 Å². The number of nitrogens with one attached hydrogen (secondary N) is 1. The minimum absolute atomic E-state index is 0.0974. The first-order chi connectivity index (χ1) is 22.4. The SMILES string of the molecule is COc1ccc(N=C2SC(c3ccc(NC(=O)[C@H]4CCCN4C(=O)OCc4ccccc4)cc3)C(=O)N2Cc2ccco2)cc1F. The van der Waals surface area contributed by atoms with Crippen LogP contribution in [0.25, 0.3) is 0 Å². The third kappa shape index (κ3) is 6.91. The molecule has 0 aliphatic carbocycles. The van der Waals surface area contributed by atoms with E-state index < -0.39 is 23.2 Å². The van der Waals surface area contributed by atoms with E-state index in [1.807, 2.05) is 30.3 Å². The molecule has 46 heavy (non-hydrogen) atoms. The molecule has 3 heterocycles. The summed E-state index contributed by atoms with van der Waals surface area (Å²) in [6, 6.07) is 23.6. The Bertz CT molecular complexity index is 1730. The number of methoxy groups -OCH3 is 1. The molecule has 1 unspecified atom stereocenters. The molecule has 0 bridgehead atoms. The number of hydrogen-bond acceptors (Lipinski definition) is 8. The van der Waals surface area contributed by atoms with Crippen molar-refractivity contribution in [1.82, 2.24) is 9.80 Å². The predicted octanol–water partition coefficient (Wildman–Crippen LogP) is 6.67. The molecule has 2 aliphatic rings. The van der Waals surface area contributed by atoms with Crippen LogP contribution in [-0.4, -0.2) is 52.6 Å². The standard InChI is InChI=1S/C34H31FN4O6S/c1-43-29-16-15-25(19-27(29)35)37-33-39(20-26-9-6-18-44-26)32(41)30(46-33)23-11-13-24(14-12-23)36-31(40)28-10-5-17-38(28)34(42)45-21-22-7-3-2-4-8-22/h2-4,6-9,11-16,18-19,28,30H,5,10,17,20-21H2,1H3,(H,36,40)/t28-,30?/m1/s1. The quantitative estimate of drug-likeness (QED) is 0.217. The number of anilines is 1. The zero-order valence-corrected chi connectivity index (χ0v) is 25.7. The second kappa shape index (κ2) is 13.9. The minimum Gasteiger partial charge on any atom is -0.494 e. The van der Waals surface area contributed by atoms with Crippen LogP contribution in [0.3, 0.4) is 0 Å². The molecule has 3 amide bonds. The van der Waals surface area contributed by atoms with Gasteiger partial charge in [0.05, 0.1) is 25.6 Å². The number of furan rings is 1. The van der Waals surface area contributed by atoms with Gasteiger partial charge in [0.2, 0.25) is 11.8 Å². The molecule has 2 aliphatic heterocycles. The van der Waals surface area contributed by atoms with Gasteiger partial charge in [-0.15, -0.1) is 0 Å². The zero-order valence-electron chi connectivity index (χ0n) is 24.9. The van der Waals surface area contributed by atoms with Crippen LogP contribution in [0.15, 0.2) is 101 Å². The number of ether oxygens (including phenoxy) is 2. The summed E-state index contributed by atoms with van der Waals surface area (Å²) in [5, 5.41) is 2.67. The molecular formula is C34H31FN4O6S. The van der Waals surface area contributed by atoms with Crippen molar-refractivity contribution in [3.8, 4) is 5.75 Å². The maximum atomic E-state index is 14.4. The molecule has 0 saturated carbocycles. The summed E-state index contributed by atoms with van der Waals surface area (Å²) in [6.07, 6.45) is 2.23. The first-order valence-corrected chi connectivity index (χ1v) is 15.6. The van der Waals surface area contributed by atoms with E-state index in [1.165, 1.54) is 47.1 Å². The lowest BCUT2D eigenvalue weighted by Gasteiger charge is -2.23. The van der Waals surface area contributed by atoms with Crippen LogP contribution in [0.1, 0.15) is 35.0 Å². The smallest absolute Gasteiger partial charge is 0.410 e. The van der Waals surface area contributed by atoms with E-state index in [9.17, 15) is 18.8 Å². The third-order valence-corrected chi connectivity index (χ3v) is 8.91. The number of carbonyl (C=O) groups excluding carboxylic acids is 3. The van der Waals surface area contributed by atoms with Crippen LogP contribution in [0, 0.1) is 5.82 Å². The van der Waals surface area contributed by atoms with Crippen molar-refractivity contribution < 1.29 is 32.7 Å². The number of likely N-dealkylation sites (tertiary alicyclic amines) is 1. The summed E-state index contributed by atoms with van der Waals surface area (Å²) < 4.78 is 30.3. The van der Waals surface area contributed by atoms with Crippen LogP contribution >= 0.6 is 11.8 Å². The number of carbonyl (C=O) groups is 3. The Morgan fingerprint density at radius 1 is 1.07 bits per heavy atom. The number of amidine groups is 1. The van der Waals surface area contributed by atoms with Gasteiger partial charge in [0.15, 0.2) is 16.7 Å². The molecule has 3 aromatic carbocycles. The van der Waals surface area contributed by atoms with E-state index in [4.69, 9.17) is 13.9 Å².